The number of ether oxygens (including phenoxy) is 1. The molecule has 10 heteroatoms. The number of halogens is 7. The number of aliphatic hydroxyl groups excluding tert-OH is 1. The first kappa shape index (κ1) is 17.5. The highest BCUT2D eigenvalue weighted by Gasteiger charge is 2.45. The molecule has 3 N–H and O–H groups in total. The molecule has 0 aliphatic heterocycles. The summed E-state index contributed by atoms with van der Waals surface area (Å²) < 4.78 is 89.8. The van der Waals surface area contributed by atoms with Crippen LogP contribution >= 0.6 is 0 Å². The lowest BCUT2D eigenvalue weighted by Gasteiger charge is -2.22. The first-order valence-electron chi connectivity index (χ1n) is 5.40. The zero-order valence-corrected chi connectivity index (χ0v) is 10.1. The van der Waals surface area contributed by atoms with E-state index in [1.807, 2.05) is 0 Å². The highest BCUT2D eigenvalue weighted by Crippen LogP contribution is 2.32. The maximum Gasteiger partial charge on any atom is 0.461 e. The van der Waals surface area contributed by atoms with Gasteiger partial charge in [-0.1, -0.05) is 12.1 Å². The van der Waals surface area contributed by atoms with Crippen LogP contribution in [-0.4, -0.2) is 29.9 Å². The molecule has 0 aromatic heterocycles. The summed E-state index contributed by atoms with van der Waals surface area (Å²) in [6.45, 7) is 0. The van der Waals surface area contributed by atoms with Crippen LogP contribution in [0.25, 0.3) is 0 Å². The van der Waals surface area contributed by atoms with E-state index in [2.05, 4.69) is 4.74 Å². The molecule has 0 saturated heterocycles. The average Bonchev–Trinajstić information content (AvgIpc) is 2.35. The fourth-order valence-corrected chi connectivity index (χ4v) is 1.37. The molecule has 0 unspecified atom stereocenters. The third-order valence-electron chi connectivity index (χ3n) is 2.43. The predicted molar refractivity (Wildman–Crippen MR) is 57.0 cm³/mol. The summed E-state index contributed by atoms with van der Waals surface area (Å²) in [4.78, 5) is 0. The Morgan fingerprint density at radius 3 is 2.14 bits per heavy atom. The lowest BCUT2D eigenvalue weighted by Crippen LogP contribution is -2.39. The Morgan fingerprint density at radius 1 is 1.10 bits per heavy atom. The van der Waals surface area contributed by atoms with Crippen molar-refractivity contribution < 1.29 is 40.6 Å². The molecule has 0 amide bonds. The number of rotatable bonds is 5. The lowest BCUT2D eigenvalue weighted by atomic mass is 10.0. The van der Waals surface area contributed by atoms with E-state index in [1.54, 1.807) is 0 Å². The third-order valence-corrected chi connectivity index (χ3v) is 2.43. The molecule has 3 nitrogen and oxygen atoms in total. The average molecular weight is 321 g/mol. The molecule has 0 radical (unpaired) electrons. The molecule has 0 fully saturated rings. The van der Waals surface area contributed by atoms with E-state index in [-0.39, 0.29) is 0 Å². The van der Waals surface area contributed by atoms with Gasteiger partial charge in [0.25, 0.3) is 0 Å². The molecule has 2 atom stereocenters. The van der Waals surface area contributed by atoms with Crippen molar-refractivity contribution in [3.8, 4) is 5.75 Å². The van der Waals surface area contributed by atoms with Crippen molar-refractivity contribution >= 4 is 0 Å². The Balaban J connectivity index is 2.96. The molecule has 1 aromatic rings. The van der Waals surface area contributed by atoms with E-state index in [0.29, 0.717) is 6.07 Å². The number of hydrogen-bond donors (Lipinski definition) is 2. The van der Waals surface area contributed by atoms with Crippen LogP contribution in [0.1, 0.15) is 11.6 Å². The second-order valence-corrected chi connectivity index (χ2v) is 4.05. The third kappa shape index (κ3) is 4.46. The Hall–Kier alpha value is -1.55. The van der Waals surface area contributed by atoms with Gasteiger partial charge >= 0.3 is 18.7 Å². The Morgan fingerprint density at radius 2 is 1.67 bits per heavy atom. The van der Waals surface area contributed by atoms with Crippen LogP contribution in [0.4, 0.5) is 30.7 Å². The minimum atomic E-state index is -5.02. The summed E-state index contributed by atoms with van der Waals surface area (Å²) in [6.07, 6.45) is -16.9. The van der Waals surface area contributed by atoms with Crippen molar-refractivity contribution in [2.75, 3.05) is 0 Å². The van der Waals surface area contributed by atoms with E-state index in [4.69, 9.17) is 10.8 Å². The van der Waals surface area contributed by atoms with E-state index in [1.165, 1.54) is 0 Å². The number of alkyl halides is 7. The van der Waals surface area contributed by atoms with Crippen LogP contribution in [0.5, 0.6) is 5.75 Å². The van der Waals surface area contributed by atoms with Gasteiger partial charge in [-0.25, -0.2) is 0 Å². The van der Waals surface area contributed by atoms with Gasteiger partial charge in [0, 0.05) is 0 Å². The van der Waals surface area contributed by atoms with Crippen molar-refractivity contribution in [1.82, 2.24) is 0 Å². The fraction of sp³-hybridized carbons (Fsp3) is 0.455. The van der Waals surface area contributed by atoms with Gasteiger partial charge < -0.3 is 15.6 Å². The van der Waals surface area contributed by atoms with Crippen LogP contribution in [0.15, 0.2) is 24.3 Å². The lowest BCUT2D eigenvalue weighted by molar-refractivity contribution is -0.253. The summed E-state index contributed by atoms with van der Waals surface area (Å²) in [7, 11) is 0. The summed E-state index contributed by atoms with van der Waals surface area (Å²) in [6, 6.07) is 1.47. The van der Waals surface area contributed by atoms with Crippen LogP contribution < -0.4 is 10.5 Å². The summed E-state index contributed by atoms with van der Waals surface area (Å²) in [5.74, 6) is -0.803. The minimum absolute atomic E-state index is 0.401. The van der Waals surface area contributed by atoms with Crippen molar-refractivity contribution in [2.24, 2.45) is 5.73 Å². The van der Waals surface area contributed by atoms with Gasteiger partial charge in [0.2, 0.25) is 0 Å². The molecule has 21 heavy (non-hydrogen) atoms. The zero-order valence-electron chi connectivity index (χ0n) is 10.1. The van der Waals surface area contributed by atoms with E-state index < -0.39 is 42.2 Å². The second-order valence-electron chi connectivity index (χ2n) is 4.05. The number of nitrogens with two attached hydrogens (primary N) is 1. The Kier molecular flexibility index (Phi) is 5.05. The highest BCUT2D eigenvalue weighted by atomic mass is 19.4. The first-order chi connectivity index (χ1) is 9.45. The largest absolute Gasteiger partial charge is 0.461 e. The van der Waals surface area contributed by atoms with Crippen LogP contribution in [-0.2, 0) is 0 Å². The van der Waals surface area contributed by atoms with Gasteiger partial charge in [-0.3, -0.25) is 0 Å². The van der Waals surface area contributed by atoms with Crippen LogP contribution in [0.3, 0.4) is 0 Å². The van der Waals surface area contributed by atoms with Gasteiger partial charge in [-0.2, -0.15) is 30.7 Å². The molecule has 0 spiro atoms. The fourth-order valence-electron chi connectivity index (χ4n) is 1.37. The minimum Gasteiger partial charge on any atom is -0.428 e. The molecule has 120 valence electrons. The normalized spacial score (nSPS) is 15.9. The van der Waals surface area contributed by atoms with Crippen molar-refractivity contribution in [3.05, 3.63) is 29.8 Å². The SMILES string of the molecule is N[C@H](c1cccc(OC(F)(F)C(F)F)c1)[C@@H](O)C(F)(F)F. The first-order valence-corrected chi connectivity index (χ1v) is 5.40. The van der Waals surface area contributed by atoms with Crippen molar-refractivity contribution in [2.45, 2.75) is 30.9 Å². The van der Waals surface area contributed by atoms with Crippen LogP contribution in [0.2, 0.25) is 0 Å². The van der Waals surface area contributed by atoms with Gasteiger partial charge in [-0.15, -0.1) is 0 Å². The Bertz CT molecular complexity index is 478. The predicted octanol–water partition coefficient (Wildman–Crippen LogP) is 2.85. The molecule has 0 aliphatic rings. The maximum atomic E-state index is 12.7. The smallest absolute Gasteiger partial charge is 0.428 e. The van der Waals surface area contributed by atoms with Gasteiger partial charge in [-0.05, 0) is 17.7 Å². The highest BCUT2D eigenvalue weighted by molar-refractivity contribution is 5.31. The summed E-state index contributed by atoms with van der Waals surface area (Å²) >= 11 is 0. The zero-order chi connectivity index (χ0) is 16.4. The number of aliphatic hydroxyl groups is 1. The summed E-state index contributed by atoms with van der Waals surface area (Å²) in [5, 5.41) is 8.96. The second kappa shape index (κ2) is 6.06. The molecule has 0 heterocycles. The molecular weight excluding hydrogens is 311 g/mol. The molecule has 0 bridgehead atoms. The topological polar surface area (TPSA) is 55.5 Å². The maximum absolute atomic E-state index is 12.7. The van der Waals surface area contributed by atoms with Crippen LogP contribution in [0, 0.1) is 0 Å². The van der Waals surface area contributed by atoms with E-state index >= 15 is 0 Å². The van der Waals surface area contributed by atoms with Gasteiger partial charge in [0.05, 0.1) is 6.04 Å². The number of hydrogen-bond acceptors (Lipinski definition) is 3. The number of benzene rings is 1. The molecule has 0 aliphatic carbocycles. The standard InChI is InChI=1S/C11H10F7NO2/c12-9(13)11(17,18)21-6-3-1-2-5(4-6)7(19)8(20)10(14,15)16/h1-4,7-9,20H,19H2/t7-,8-/m1/s1. The Labute approximate surface area is 114 Å². The van der Waals surface area contributed by atoms with E-state index in [9.17, 15) is 30.7 Å². The molecular formula is C11H10F7NO2. The van der Waals surface area contributed by atoms with Crippen molar-refractivity contribution in [1.29, 1.82) is 0 Å². The summed E-state index contributed by atoms with van der Waals surface area (Å²) in [5.41, 5.74) is 4.76. The van der Waals surface area contributed by atoms with Crippen molar-refractivity contribution in [3.63, 3.8) is 0 Å². The van der Waals surface area contributed by atoms with Gasteiger partial charge in [0.15, 0.2) is 6.10 Å². The molecule has 1 aromatic carbocycles. The monoisotopic (exact) mass is 321 g/mol. The van der Waals surface area contributed by atoms with Gasteiger partial charge in [0.1, 0.15) is 5.75 Å². The molecule has 1 rings (SSSR count). The quantitative estimate of drug-likeness (QED) is 0.820. The molecule has 0 saturated carbocycles. The van der Waals surface area contributed by atoms with E-state index in [0.717, 1.165) is 18.2 Å².